The number of benzene rings is 3. The van der Waals surface area contributed by atoms with E-state index in [1.807, 2.05) is 12.1 Å². The molecule has 0 saturated carbocycles. The van der Waals surface area contributed by atoms with Crippen molar-refractivity contribution in [2.45, 2.75) is 12.0 Å². The number of carbonyl (C=O) groups is 2. The monoisotopic (exact) mass is 509 g/mol. The first-order chi connectivity index (χ1) is 16.8. The summed E-state index contributed by atoms with van der Waals surface area (Å²) in [4.78, 5) is 29.8. The van der Waals surface area contributed by atoms with Crippen molar-refractivity contribution in [2.75, 3.05) is 14.2 Å². The SMILES string of the molecule is COc1ccc(-c2ccc(OC)c(C(=O)O)c2)cc1CC1(C(=O)c2ccc(Cl)cc2Cl)C=CC=N1. The van der Waals surface area contributed by atoms with E-state index >= 15 is 0 Å². The molecule has 1 heterocycles. The fourth-order valence-electron chi connectivity index (χ4n) is 4.09. The van der Waals surface area contributed by atoms with Crippen LogP contribution >= 0.6 is 23.2 Å². The highest BCUT2D eigenvalue weighted by atomic mass is 35.5. The van der Waals surface area contributed by atoms with Gasteiger partial charge in [0.15, 0.2) is 5.78 Å². The van der Waals surface area contributed by atoms with Crippen LogP contribution in [0, 0.1) is 0 Å². The second kappa shape index (κ2) is 9.94. The molecule has 6 nitrogen and oxygen atoms in total. The molecule has 0 saturated heterocycles. The third-order valence-electron chi connectivity index (χ3n) is 5.84. The molecule has 1 aliphatic heterocycles. The van der Waals surface area contributed by atoms with Crippen molar-refractivity contribution in [3.05, 3.63) is 93.5 Å². The number of carboxylic acids is 1. The molecule has 1 atom stereocenters. The van der Waals surface area contributed by atoms with E-state index in [1.54, 1.807) is 61.9 Å². The third kappa shape index (κ3) is 4.81. The first-order valence-corrected chi connectivity index (χ1v) is 11.3. The van der Waals surface area contributed by atoms with Crippen molar-refractivity contribution in [2.24, 2.45) is 4.99 Å². The summed E-state index contributed by atoms with van der Waals surface area (Å²) >= 11 is 12.3. The second-order valence-electron chi connectivity index (χ2n) is 7.94. The van der Waals surface area contributed by atoms with Gasteiger partial charge in [0.2, 0.25) is 0 Å². The molecular formula is C27H21Cl2NO5. The predicted octanol–water partition coefficient (Wildman–Crippen LogP) is 6.18. The highest BCUT2D eigenvalue weighted by molar-refractivity contribution is 6.37. The lowest BCUT2D eigenvalue weighted by molar-refractivity contribution is 0.0693. The van der Waals surface area contributed by atoms with Crippen LogP contribution in [0.4, 0.5) is 0 Å². The molecule has 1 unspecified atom stereocenters. The van der Waals surface area contributed by atoms with Gasteiger partial charge in [-0.05, 0) is 71.3 Å². The molecule has 178 valence electrons. The molecule has 0 aromatic heterocycles. The van der Waals surface area contributed by atoms with Crippen LogP contribution < -0.4 is 9.47 Å². The van der Waals surface area contributed by atoms with Crippen LogP contribution in [0.15, 0.2) is 71.7 Å². The van der Waals surface area contributed by atoms with Crippen LogP contribution in [0.3, 0.4) is 0 Å². The molecule has 35 heavy (non-hydrogen) atoms. The highest BCUT2D eigenvalue weighted by Crippen LogP contribution is 2.36. The number of Topliss-reactive ketones (excluding diaryl/α,β-unsaturated/α-hetero) is 1. The highest BCUT2D eigenvalue weighted by Gasteiger charge is 2.39. The van der Waals surface area contributed by atoms with E-state index in [0.29, 0.717) is 21.9 Å². The van der Waals surface area contributed by atoms with Crippen molar-refractivity contribution in [3.63, 3.8) is 0 Å². The number of ketones is 1. The molecule has 1 N–H and O–H groups in total. The number of methoxy groups -OCH3 is 2. The molecule has 0 amide bonds. The summed E-state index contributed by atoms with van der Waals surface area (Å²) in [5, 5.41) is 10.2. The number of rotatable bonds is 8. The molecule has 0 spiro atoms. The van der Waals surface area contributed by atoms with Crippen LogP contribution in [0.5, 0.6) is 11.5 Å². The Morgan fingerprint density at radius 1 is 0.914 bits per heavy atom. The van der Waals surface area contributed by atoms with Crippen molar-refractivity contribution in [3.8, 4) is 22.6 Å². The number of aliphatic imine (C=N–C) groups is 1. The largest absolute Gasteiger partial charge is 0.496 e. The summed E-state index contributed by atoms with van der Waals surface area (Å²) in [6.07, 6.45) is 5.25. The zero-order valence-electron chi connectivity index (χ0n) is 18.9. The zero-order chi connectivity index (χ0) is 25.2. The predicted molar refractivity (Wildman–Crippen MR) is 137 cm³/mol. The van der Waals surface area contributed by atoms with Crippen molar-refractivity contribution < 1.29 is 24.2 Å². The van der Waals surface area contributed by atoms with E-state index in [1.165, 1.54) is 13.2 Å². The first kappa shape index (κ1) is 24.5. The standard InChI is InChI=1S/C27H21Cl2NO5/c1-34-23-8-4-16(17-5-9-24(35-2)21(13-17)26(32)33)12-18(23)15-27(10-3-11-30-27)25(31)20-7-6-19(28)14-22(20)29/h3-14H,15H2,1-2H3,(H,32,33). The van der Waals surface area contributed by atoms with E-state index in [4.69, 9.17) is 32.7 Å². The smallest absolute Gasteiger partial charge is 0.339 e. The Morgan fingerprint density at radius 3 is 2.20 bits per heavy atom. The summed E-state index contributed by atoms with van der Waals surface area (Å²) in [6, 6.07) is 15.1. The molecule has 0 radical (unpaired) electrons. The molecule has 3 aromatic rings. The minimum absolute atomic E-state index is 0.0507. The Hall–Kier alpha value is -3.61. The Bertz CT molecular complexity index is 1370. The molecular weight excluding hydrogens is 489 g/mol. The molecule has 1 aliphatic rings. The van der Waals surface area contributed by atoms with Gasteiger partial charge in [-0.3, -0.25) is 9.79 Å². The number of carboxylic acid groups (broad SMARTS) is 1. The average molecular weight is 510 g/mol. The molecule has 3 aromatic carbocycles. The number of carbonyl (C=O) groups excluding carboxylic acids is 1. The molecule has 0 fully saturated rings. The number of aromatic carboxylic acids is 1. The van der Waals surface area contributed by atoms with Crippen LogP contribution in [-0.4, -0.2) is 42.8 Å². The van der Waals surface area contributed by atoms with E-state index in [0.717, 1.165) is 11.1 Å². The van der Waals surface area contributed by atoms with Gasteiger partial charge in [0.05, 0.1) is 19.2 Å². The second-order valence-corrected chi connectivity index (χ2v) is 8.78. The lowest BCUT2D eigenvalue weighted by atomic mass is 9.83. The summed E-state index contributed by atoms with van der Waals surface area (Å²) in [5.74, 6) is -0.517. The third-order valence-corrected chi connectivity index (χ3v) is 6.38. The van der Waals surface area contributed by atoms with Crippen molar-refractivity contribution in [1.82, 2.24) is 0 Å². The number of ether oxygens (including phenoxy) is 2. The fourth-order valence-corrected chi connectivity index (χ4v) is 4.58. The number of hydrogen-bond acceptors (Lipinski definition) is 5. The van der Waals surface area contributed by atoms with Crippen LogP contribution in [0.2, 0.25) is 10.0 Å². The summed E-state index contributed by atoms with van der Waals surface area (Å²) in [6.45, 7) is 0. The van der Waals surface area contributed by atoms with Crippen molar-refractivity contribution >= 4 is 41.2 Å². The quantitative estimate of drug-likeness (QED) is 0.366. The van der Waals surface area contributed by atoms with Gasteiger partial charge in [-0.1, -0.05) is 35.3 Å². The Labute approximate surface area is 212 Å². The van der Waals surface area contributed by atoms with E-state index < -0.39 is 11.5 Å². The lowest BCUT2D eigenvalue weighted by Crippen LogP contribution is -2.36. The average Bonchev–Trinajstić information content (AvgIpc) is 3.33. The fraction of sp³-hybridized carbons (Fsp3) is 0.148. The summed E-state index contributed by atoms with van der Waals surface area (Å²) < 4.78 is 10.7. The van der Waals surface area contributed by atoms with Gasteiger partial charge in [-0.15, -0.1) is 0 Å². The van der Waals surface area contributed by atoms with Crippen LogP contribution in [0.25, 0.3) is 11.1 Å². The minimum Gasteiger partial charge on any atom is -0.496 e. The van der Waals surface area contributed by atoms with E-state index in [2.05, 4.69) is 4.99 Å². The number of hydrogen-bond donors (Lipinski definition) is 1. The molecule has 8 heteroatoms. The van der Waals surface area contributed by atoms with E-state index in [9.17, 15) is 14.7 Å². The maximum absolute atomic E-state index is 13.6. The number of nitrogens with zero attached hydrogens (tertiary/aromatic N) is 1. The Balaban J connectivity index is 1.77. The first-order valence-electron chi connectivity index (χ1n) is 10.6. The Kier molecular flexibility index (Phi) is 6.96. The van der Waals surface area contributed by atoms with Gasteiger partial charge in [-0.25, -0.2) is 4.79 Å². The normalized spacial score (nSPS) is 16.3. The Morgan fingerprint density at radius 2 is 1.60 bits per heavy atom. The van der Waals surface area contributed by atoms with E-state index in [-0.39, 0.29) is 28.5 Å². The summed E-state index contributed by atoms with van der Waals surface area (Å²) in [5.41, 5.74) is 1.31. The summed E-state index contributed by atoms with van der Waals surface area (Å²) in [7, 11) is 2.97. The molecule has 0 bridgehead atoms. The van der Waals surface area contributed by atoms with Gasteiger partial charge in [0.1, 0.15) is 22.6 Å². The van der Waals surface area contributed by atoms with Crippen LogP contribution in [-0.2, 0) is 6.42 Å². The van der Waals surface area contributed by atoms with Gasteiger partial charge >= 0.3 is 5.97 Å². The number of allylic oxidation sites excluding steroid dienone is 1. The van der Waals surface area contributed by atoms with Gasteiger partial charge in [-0.2, -0.15) is 0 Å². The maximum Gasteiger partial charge on any atom is 0.339 e. The topological polar surface area (TPSA) is 85.2 Å². The van der Waals surface area contributed by atoms with Gasteiger partial charge in [0.25, 0.3) is 0 Å². The minimum atomic E-state index is -1.21. The zero-order valence-corrected chi connectivity index (χ0v) is 20.4. The van der Waals surface area contributed by atoms with Crippen LogP contribution in [0.1, 0.15) is 26.3 Å². The molecule has 0 aliphatic carbocycles. The number of halogens is 2. The van der Waals surface area contributed by atoms with Crippen molar-refractivity contribution in [1.29, 1.82) is 0 Å². The maximum atomic E-state index is 13.6. The lowest BCUT2D eigenvalue weighted by Gasteiger charge is -2.25. The van der Waals surface area contributed by atoms with Gasteiger partial charge < -0.3 is 14.6 Å². The van der Waals surface area contributed by atoms with Gasteiger partial charge in [0, 0.05) is 23.2 Å². The molecule has 4 rings (SSSR count).